The van der Waals surface area contributed by atoms with Gasteiger partial charge >= 0.3 is 11.9 Å². The van der Waals surface area contributed by atoms with Gasteiger partial charge in [-0.25, -0.2) is 0 Å². The van der Waals surface area contributed by atoms with Gasteiger partial charge in [-0.1, -0.05) is 161 Å². The summed E-state index contributed by atoms with van der Waals surface area (Å²) in [7, 11) is 1.11. The zero-order valence-corrected chi connectivity index (χ0v) is 41.6. The van der Waals surface area contributed by atoms with Crippen LogP contribution in [0.1, 0.15) is 155 Å². The summed E-state index contributed by atoms with van der Waals surface area (Å²) < 4.78 is 33.9. The van der Waals surface area contributed by atoms with E-state index in [1.807, 2.05) is 21.1 Å². The van der Waals surface area contributed by atoms with Crippen molar-refractivity contribution < 1.29 is 42.1 Å². The van der Waals surface area contributed by atoms with Crippen LogP contribution in [0.5, 0.6) is 0 Å². The minimum Gasteiger partial charge on any atom is -0.756 e. The second kappa shape index (κ2) is 44.6. The quantitative estimate of drug-likeness (QED) is 0.0196. The van der Waals surface area contributed by atoms with Gasteiger partial charge in [0.25, 0.3) is 7.82 Å². The SMILES string of the molecule is CC/C=C\C/C=C\C/C=C\C/C=C\C/C=C\CCCCCCCC(=O)OC(COC(=O)CCCCC/C=C\C/C=C\C/C=C\C/C=C\C/C=C\CC)COP(=O)([O-])OCC[N+](C)(C)C. The monoisotopic (exact) mass is 910 g/mol. The topological polar surface area (TPSA) is 111 Å². The van der Waals surface area contributed by atoms with E-state index < -0.39 is 32.5 Å². The van der Waals surface area contributed by atoms with Crippen LogP contribution in [-0.4, -0.2) is 70.0 Å². The van der Waals surface area contributed by atoms with Gasteiger partial charge in [0, 0.05) is 12.8 Å². The van der Waals surface area contributed by atoms with Crippen LogP contribution in [0.2, 0.25) is 0 Å². The van der Waals surface area contributed by atoms with Crippen molar-refractivity contribution in [2.75, 3.05) is 47.5 Å². The van der Waals surface area contributed by atoms with Gasteiger partial charge in [0.05, 0.1) is 27.7 Å². The minimum atomic E-state index is -4.65. The Balaban J connectivity index is 4.43. The molecule has 64 heavy (non-hydrogen) atoms. The highest BCUT2D eigenvalue weighted by atomic mass is 31.2. The fourth-order valence-corrected chi connectivity index (χ4v) is 6.49. The summed E-state index contributed by atoms with van der Waals surface area (Å²) in [4.78, 5) is 37.7. The second-order valence-electron chi connectivity index (χ2n) is 16.7. The summed E-state index contributed by atoms with van der Waals surface area (Å²) in [6.45, 7) is 3.91. The van der Waals surface area contributed by atoms with Crippen LogP contribution in [0, 0.1) is 0 Å². The largest absolute Gasteiger partial charge is 0.756 e. The van der Waals surface area contributed by atoms with E-state index in [9.17, 15) is 19.0 Å². The predicted octanol–water partition coefficient (Wildman–Crippen LogP) is 13.8. The van der Waals surface area contributed by atoms with E-state index in [0.717, 1.165) is 116 Å². The first-order chi connectivity index (χ1) is 31.0. The third-order valence-corrected chi connectivity index (χ3v) is 10.4. The van der Waals surface area contributed by atoms with E-state index in [2.05, 4.69) is 135 Å². The van der Waals surface area contributed by atoms with Crippen LogP contribution in [-0.2, 0) is 32.7 Å². The van der Waals surface area contributed by atoms with Crippen LogP contribution in [0.4, 0.5) is 0 Å². The highest BCUT2D eigenvalue weighted by Crippen LogP contribution is 2.38. The Bertz CT molecular complexity index is 1490. The van der Waals surface area contributed by atoms with Gasteiger partial charge < -0.3 is 27.9 Å². The molecule has 0 spiro atoms. The molecule has 0 aromatic heterocycles. The van der Waals surface area contributed by atoms with Crippen molar-refractivity contribution in [1.29, 1.82) is 0 Å². The van der Waals surface area contributed by atoms with Gasteiger partial charge in [-0.05, 0) is 103 Å². The van der Waals surface area contributed by atoms with E-state index in [1.54, 1.807) is 0 Å². The smallest absolute Gasteiger partial charge is 0.306 e. The second-order valence-corrected chi connectivity index (χ2v) is 18.1. The van der Waals surface area contributed by atoms with Crippen molar-refractivity contribution in [3.63, 3.8) is 0 Å². The molecule has 0 N–H and O–H groups in total. The molecule has 2 unspecified atom stereocenters. The maximum Gasteiger partial charge on any atom is 0.306 e. The van der Waals surface area contributed by atoms with Gasteiger partial charge in [0.2, 0.25) is 0 Å². The number of quaternary nitrogens is 1. The highest BCUT2D eigenvalue weighted by Gasteiger charge is 2.21. The van der Waals surface area contributed by atoms with Crippen molar-refractivity contribution in [2.45, 2.75) is 161 Å². The molecule has 0 aliphatic carbocycles. The maximum absolute atomic E-state index is 12.7. The summed E-state index contributed by atoms with van der Waals surface area (Å²) in [6.07, 6.45) is 62.2. The average molecular weight is 910 g/mol. The molecule has 362 valence electrons. The molecule has 0 saturated carbocycles. The van der Waals surface area contributed by atoms with Crippen molar-refractivity contribution in [2.24, 2.45) is 0 Å². The molecular weight excluding hydrogens is 822 g/mol. The molecule has 0 bridgehead atoms. The average Bonchev–Trinajstić information content (AvgIpc) is 3.25. The molecule has 0 heterocycles. The van der Waals surface area contributed by atoms with Crippen molar-refractivity contribution in [3.8, 4) is 0 Å². The number of hydrogen-bond acceptors (Lipinski definition) is 8. The molecule has 0 aromatic rings. The Morgan fingerprint density at radius 3 is 1.27 bits per heavy atom. The molecule has 0 aromatic carbocycles. The van der Waals surface area contributed by atoms with Crippen LogP contribution in [0.25, 0.3) is 0 Å². The van der Waals surface area contributed by atoms with E-state index in [-0.39, 0.29) is 26.1 Å². The molecular formula is C54H88NO8P. The number of nitrogens with zero attached hydrogens (tertiary/aromatic N) is 1. The minimum absolute atomic E-state index is 0.0485. The molecule has 0 saturated heterocycles. The standard InChI is InChI=1S/C54H88NO8P/c1-6-8-10-12-14-16-18-20-22-24-26-27-29-31-33-35-37-39-41-43-45-47-54(57)63-52(51-62-64(58,59)61-49-48-55(3,4)5)50-60-53(56)46-44-42-40-38-36-34-32-30-28-25-23-21-19-17-15-13-11-9-7-2/h8-11,14-17,20-23,26-28,30-31,33-34,36,52H,6-7,12-13,18-19,24-25,29,32,35,37-51H2,1-5H3/b10-8-,11-9-,16-14-,17-15-,22-20-,23-21-,27-26-,30-28-,33-31-,36-34-. The lowest BCUT2D eigenvalue weighted by atomic mass is 10.1. The number of esters is 2. The number of phosphoric ester groups is 1. The summed E-state index contributed by atoms with van der Waals surface area (Å²) in [5.41, 5.74) is 0. The van der Waals surface area contributed by atoms with Crippen molar-refractivity contribution in [1.82, 2.24) is 0 Å². The van der Waals surface area contributed by atoms with E-state index in [4.69, 9.17) is 18.5 Å². The number of allylic oxidation sites excluding steroid dienone is 20. The van der Waals surface area contributed by atoms with E-state index >= 15 is 0 Å². The van der Waals surface area contributed by atoms with E-state index in [1.165, 1.54) is 0 Å². The van der Waals surface area contributed by atoms with Gasteiger partial charge in [-0.15, -0.1) is 0 Å². The van der Waals surface area contributed by atoms with Gasteiger partial charge in [-0.3, -0.25) is 14.2 Å². The lowest BCUT2D eigenvalue weighted by Gasteiger charge is -2.28. The Hall–Kier alpha value is -3.59. The molecule has 0 aliphatic rings. The van der Waals surface area contributed by atoms with Gasteiger partial charge in [-0.2, -0.15) is 0 Å². The molecule has 0 amide bonds. The normalized spacial score (nSPS) is 14.5. The molecule has 0 fully saturated rings. The van der Waals surface area contributed by atoms with Crippen LogP contribution in [0.3, 0.4) is 0 Å². The first-order valence-corrected chi connectivity index (χ1v) is 25.7. The summed E-state index contributed by atoms with van der Waals surface area (Å²) >= 11 is 0. The summed E-state index contributed by atoms with van der Waals surface area (Å²) in [6, 6.07) is 0. The fraction of sp³-hybridized carbons (Fsp3) is 0.593. The summed E-state index contributed by atoms with van der Waals surface area (Å²) in [5, 5.41) is 0. The first-order valence-electron chi connectivity index (χ1n) is 24.2. The Kier molecular flexibility index (Phi) is 42.1. The number of rotatable bonds is 42. The molecule has 2 atom stereocenters. The van der Waals surface area contributed by atoms with Crippen LogP contribution in [0.15, 0.2) is 122 Å². The lowest BCUT2D eigenvalue weighted by Crippen LogP contribution is -2.37. The Labute approximate surface area is 390 Å². The van der Waals surface area contributed by atoms with Gasteiger partial charge in [0.1, 0.15) is 19.8 Å². The Morgan fingerprint density at radius 2 is 0.844 bits per heavy atom. The van der Waals surface area contributed by atoms with Crippen molar-refractivity contribution in [3.05, 3.63) is 122 Å². The number of ether oxygens (including phenoxy) is 2. The Morgan fingerprint density at radius 1 is 0.484 bits per heavy atom. The number of likely N-dealkylation sites (N-methyl/N-ethyl adjacent to an activating group) is 1. The molecule has 0 rings (SSSR count). The zero-order valence-electron chi connectivity index (χ0n) is 40.7. The molecule has 0 radical (unpaired) electrons. The van der Waals surface area contributed by atoms with Gasteiger partial charge in [0.15, 0.2) is 6.10 Å². The highest BCUT2D eigenvalue weighted by molar-refractivity contribution is 7.45. The van der Waals surface area contributed by atoms with E-state index in [0.29, 0.717) is 23.9 Å². The third-order valence-electron chi connectivity index (χ3n) is 9.48. The number of hydrogen-bond donors (Lipinski definition) is 0. The zero-order chi connectivity index (χ0) is 47.1. The molecule has 0 aliphatic heterocycles. The van der Waals surface area contributed by atoms with Crippen LogP contribution < -0.4 is 4.89 Å². The molecule has 9 nitrogen and oxygen atoms in total. The number of phosphoric acid groups is 1. The molecule has 10 heteroatoms. The number of unbranched alkanes of at least 4 members (excludes halogenated alkanes) is 8. The predicted molar refractivity (Wildman–Crippen MR) is 268 cm³/mol. The first kappa shape index (κ1) is 60.4. The van der Waals surface area contributed by atoms with Crippen molar-refractivity contribution >= 4 is 19.8 Å². The summed E-state index contributed by atoms with van der Waals surface area (Å²) in [5.74, 6) is -0.907. The lowest BCUT2D eigenvalue weighted by molar-refractivity contribution is -0.870. The maximum atomic E-state index is 12.7. The number of carbonyl (C=O) groups is 2. The third kappa shape index (κ3) is 47.9. The fourth-order valence-electron chi connectivity index (χ4n) is 5.76. The van der Waals surface area contributed by atoms with Crippen LogP contribution >= 0.6 is 7.82 Å². The number of carbonyl (C=O) groups excluding carboxylic acids is 2.